The molecule has 2 unspecified atom stereocenters. The second-order valence-electron chi connectivity index (χ2n) is 5.66. The second kappa shape index (κ2) is 7.11. The molecule has 2 heterocycles. The Hall–Kier alpha value is -1.30. The molecule has 0 spiro atoms. The van der Waals surface area contributed by atoms with Gasteiger partial charge < -0.3 is 10.4 Å². The van der Waals surface area contributed by atoms with Crippen molar-refractivity contribution in [1.82, 2.24) is 15.3 Å². The Morgan fingerprint density at radius 1 is 1.29 bits per heavy atom. The summed E-state index contributed by atoms with van der Waals surface area (Å²) in [7, 11) is 0. The molecule has 0 saturated heterocycles. The van der Waals surface area contributed by atoms with E-state index in [4.69, 9.17) is 0 Å². The quantitative estimate of drug-likeness (QED) is 0.892. The molecule has 1 aliphatic carbocycles. The molecule has 2 N–H and O–H groups in total. The van der Waals surface area contributed by atoms with Gasteiger partial charge in [-0.2, -0.15) is 0 Å². The lowest BCUT2D eigenvalue weighted by Crippen LogP contribution is -2.28. The lowest BCUT2D eigenvalue weighted by molar-refractivity contribution is 0.101. The third-order valence-electron chi connectivity index (χ3n) is 3.92. The van der Waals surface area contributed by atoms with E-state index in [9.17, 15) is 5.11 Å². The van der Waals surface area contributed by atoms with Gasteiger partial charge in [0, 0.05) is 23.8 Å². The number of pyridine rings is 1. The molecule has 2 aromatic heterocycles. The summed E-state index contributed by atoms with van der Waals surface area (Å²) < 4.78 is 0. The largest absolute Gasteiger partial charge is 0.393 e. The molecule has 2 atom stereocenters. The molecular formula is C16H21N3OS. The molecule has 1 aliphatic rings. The van der Waals surface area contributed by atoms with Gasteiger partial charge in [0.15, 0.2) is 0 Å². The van der Waals surface area contributed by atoms with Crippen LogP contribution in [0.25, 0.3) is 10.7 Å². The Labute approximate surface area is 129 Å². The highest BCUT2D eigenvalue weighted by Crippen LogP contribution is 2.25. The first kappa shape index (κ1) is 14.6. The van der Waals surface area contributed by atoms with E-state index in [1.807, 2.05) is 24.4 Å². The Balaban J connectivity index is 1.49. The topological polar surface area (TPSA) is 58.0 Å². The number of hydrogen-bond donors (Lipinski definition) is 2. The zero-order chi connectivity index (χ0) is 14.5. The highest BCUT2D eigenvalue weighted by atomic mass is 32.1. The first-order valence-corrected chi connectivity index (χ1v) is 8.38. The Bertz CT molecular complexity index is 558. The van der Waals surface area contributed by atoms with Gasteiger partial charge in [-0.15, -0.1) is 11.3 Å². The van der Waals surface area contributed by atoms with Crippen LogP contribution in [0, 0.1) is 5.92 Å². The van der Waals surface area contributed by atoms with Gasteiger partial charge in [-0.1, -0.05) is 12.5 Å². The maximum Gasteiger partial charge on any atom is 0.142 e. The highest BCUT2D eigenvalue weighted by Gasteiger charge is 2.19. The Morgan fingerprint density at radius 3 is 3.05 bits per heavy atom. The van der Waals surface area contributed by atoms with Crippen molar-refractivity contribution in [1.29, 1.82) is 0 Å². The summed E-state index contributed by atoms with van der Waals surface area (Å²) in [5, 5.41) is 14.2. The van der Waals surface area contributed by atoms with Crippen molar-refractivity contribution >= 4 is 11.3 Å². The number of thiazole rings is 1. The molecule has 1 fully saturated rings. The van der Waals surface area contributed by atoms with Crippen molar-refractivity contribution in [3.05, 3.63) is 35.5 Å². The minimum atomic E-state index is -0.0929. The van der Waals surface area contributed by atoms with Crippen molar-refractivity contribution < 1.29 is 5.11 Å². The summed E-state index contributed by atoms with van der Waals surface area (Å²) in [5.41, 5.74) is 0.934. The molecule has 0 aliphatic heterocycles. The first-order valence-electron chi connectivity index (χ1n) is 7.56. The van der Waals surface area contributed by atoms with Crippen LogP contribution in [0.1, 0.15) is 30.6 Å². The predicted molar refractivity (Wildman–Crippen MR) is 85.0 cm³/mol. The average Bonchev–Trinajstić information content (AvgIpc) is 2.97. The number of aliphatic hydroxyl groups is 1. The first-order chi connectivity index (χ1) is 10.3. The van der Waals surface area contributed by atoms with Crippen molar-refractivity contribution in [2.75, 3.05) is 6.54 Å². The number of nitrogens with one attached hydrogen (secondary N) is 1. The third-order valence-corrected chi connectivity index (χ3v) is 4.94. The summed E-state index contributed by atoms with van der Waals surface area (Å²) >= 11 is 1.69. The summed E-state index contributed by atoms with van der Waals surface area (Å²) in [6, 6.07) is 5.88. The van der Waals surface area contributed by atoms with Gasteiger partial charge in [0.25, 0.3) is 0 Å². The van der Waals surface area contributed by atoms with Gasteiger partial charge in [0.2, 0.25) is 0 Å². The highest BCUT2D eigenvalue weighted by molar-refractivity contribution is 7.14. The SMILES string of the molecule is OC1CCCC(CNCc2cnc(-c3ccccn3)s2)C1. The summed E-state index contributed by atoms with van der Waals surface area (Å²) in [5.74, 6) is 0.608. The Kier molecular flexibility index (Phi) is 4.95. The van der Waals surface area contributed by atoms with E-state index in [-0.39, 0.29) is 6.10 Å². The lowest BCUT2D eigenvalue weighted by Gasteiger charge is -2.25. The van der Waals surface area contributed by atoms with Crippen LogP contribution in [0.2, 0.25) is 0 Å². The molecule has 0 aromatic carbocycles. The number of hydrogen-bond acceptors (Lipinski definition) is 5. The standard InChI is InChI=1S/C16H21N3OS/c20-13-5-3-4-12(8-13)9-17-10-14-11-19-16(21-14)15-6-1-2-7-18-15/h1-2,6-7,11-13,17,20H,3-5,8-10H2. The molecule has 0 amide bonds. The third kappa shape index (κ3) is 4.09. The fourth-order valence-electron chi connectivity index (χ4n) is 2.84. The number of nitrogens with zero attached hydrogens (tertiary/aromatic N) is 2. The molecule has 3 rings (SSSR count). The van der Waals surface area contributed by atoms with Crippen LogP contribution >= 0.6 is 11.3 Å². The van der Waals surface area contributed by atoms with E-state index in [0.717, 1.165) is 43.1 Å². The van der Waals surface area contributed by atoms with E-state index >= 15 is 0 Å². The van der Waals surface area contributed by atoms with Crippen LogP contribution < -0.4 is 5.32 Å². The van der Waals surface area contributed by atoms with Gasteiger partial charge in [-0.25, -0.2) is 4.98 Å². The second-order valence-corrected chi connectivity index (χ2v) is 6.78. The molecule has 5 heteroatoms. The van der Waals surface area contributed by atoms with Gasteiger partial charge in [0.05, 0.1) is 11.8 Å². The normalized spacial score (nSPS) is 22.3. The summed E-state index contributed by atoms with van der Waals surface area (Å²) in [6.07, 6.45) is 7.92. The smallest absolute Gasteiger partial charge is 0.142 e. The summed E-state index contributed by atoms with van der Waals surface area (Å²) in [4.78, 5) is 9.99. The maximum absolute atomic E-state index is 9.68. The van der Waals surface area contributed by atoms with Crippen LogP contribution in [-0.4, -0.2) is 27.7 Å². The van der Waals surface area contributed by atoms with Gasteiger partial charge in [0.1, 0.15) is 5.01 Å². The van der Waals surface area contributed by atoms with Crippen LogP contribution in [0.15, 0.2) is 30.6 Å². The van der Waals surface area contributed by atoms with E-state index in [2.05, 4.69) is 15.3 Å². The number of rotatable bonds is 5. The van der Waals surface area contributed by atoms with E-state index in [0.29, 0.717) is 5.92 Å². The van der Waals surface area contributed by atoms with Crippen molar-refractivity contribution in [3.8, 4) is 10.7 Å². The molecule has 21 heavy (non-hydrogen) atoms. The van der Waals surface area contributed by atoms with Crippen LogP contribution in [0.5, 0.6) is 0 Å². The predicted octanol–water partition coefficient (Wildman–Crippen LogP) is 2.85. The fourth-order valence-corrected chi connectivity index (χ4v) is 3.70. The molecular weight excluding hydrogens is 282 g/mol. The molecule has 0 bridgehead atoms. The number of aliphatic hydroxyl groups excluding tert-OH is 1. The molecule has 112 valence electrons. The van der Waals surface area contributed by atoms with Crippen molar-refractivity contribution in [2.24, 2.45) is 5.92 Å². The summed E-state index contributed by atoms with van der Waals surface area (Å²) in [6.45, 7) is 1.82. The van der Waals surface area contributed by atoms with Gasteiger partial charge >= 0.3 is 0 Å². The fraction of sp³-hybridized carbons (Fsp3) is 0.500. The van der Waals surface area contributed by atoms with Gasteiger partial charge in [-0.3, -0.25) is 4.98 Å². The van der Waals surface area contributed by atoms with Crippen LogP contribution in [-0.2, 0) is 6.54 Å². The Morgan fingerprint density at radius 2 is 2.24 bits per heavy atom. The van der Waals surface area contributed by atoms with Crippen LogP contribution in [0.3, 0.4) is 0 Å². The van der Waals surface area contributed by atoms with Crippen molar-refractivity contribution in [3.63, 3.8) is 0 Å². The lowest BCUT2D eigenvalue weighted by atomic mass is 9.87. The van der Waals surface area contributed by atoms with E-state index in [1.54, 1.807) is 17.5 Å². The van der Waals surface area contributed by atoms with Crippen LogP contribution in [0.4, 0.5) is 0 Å². The zero-order valence-electron chi connectivity index (χ0n) is 12.0. The molecule has 0 radical (unpaired) electrons. The van der Waals surface area contributed by atoms with Crippen molar-refractivity contribution in [2.45, 2.75) is 38.3 Å². The number of aromatic nitrogens is 2. The molecule has 4 nitrogen and oxygen atoms in total. The average molecular weight is 303 g/mol. The maximum atomic E-state index is 9.68. The molecule has 2 aromatic rings. The minimum Gasteiger partial charge on any atom is -0.393 e. The van der Waals surface area contributed by atoms with E-state index < -0.39 is 0 Å². The van der Waals surface area contributed by atoms with E-state index in [1.165, 1.54) is 11.3 Å². The monoisotopic (exact) mass is 303 g/mol. The zero-order valence-corrected chi connectivity index (χ0v) is 12.9. The van der Waals surface area contributed by atoms with Gasteiger partial charge in [-0.05, 0) is 43.9 Å². The molecule has 1 saturated carbocycles. The minimum absolute atomic E-state index is 0.0929.